The van der Waals surface area contributed by atoms with Crippen LogP contribution in [0.3, 0.4) is 0 Å². The maximum Gasteiger partial charge on any atom is 0.224 e. The second kappa shape index (κ2) is 8.71. The van der Waals surface area contributed by atoms with Crippen molar-refractivity contribution in [2.24, 2.45) is 0 Å². The van der Waals surface area contributed by atoms with Gasteiger partial charge in [0, 0.05) is 32.5 Å². The molecule has 0 radical (unpaired) electrons. The lowest BCUT2D eigenvalue weighted by molar-refractivity contribution is -0.187. The molecule has 2 aromatic carbocycles. The molecule has 0 aliphatic carbocycles. The van der Waals surface area contributed by atoms with E-state index in [9.17, 15) is 9.18 Å². The van der Waals surface area contributed by atoms with Gasteiger partial charge in [0.25, 0.3) is 0 Å². The Morgan fingerprint density at radius 2 is 1.81 bits per heavy atom. The van der Waals surface area contributed by atoms with Gasteiger partial charge in [0.05, 0.1) is 31.4 Å². The van der Waals surface area contributed by atoms with Crippen molar-refractivity contribution in [2.75, 3.05) is 37.8 Å². The van der Waals surface area contributed by atoms with Gasteiger partial charge in [-0.05, 0) is 42.3 Å². The minimum absolute atomic E-state index is 0.0994. The number of aryl methyl sites for hydroxylation is 1. The number of amides is 1. The summed E-state index contributed by atoms with van der Waals surface area (Å²) in [4.78, 5) is 17.3. The predicted molar refractivity (Wildman–Crippen MR) is 118 cm³/mol. The predicted octanol–water partition coefficient (Wildman–Crippen LogP) is 3.66. The molecular weight excluding hydrogens is 411 g/mol. The van der Waals surface area contributed by atoms with Gasteiger partial charge in [-0.15, -0.1) is 0 Å². The fourth-order valence-corrected chi connectivity index (χ4v) is 4.83. The number of hydrogen-bond acceptors (Lipinski definition) is 5. The summed E-state index contributed by atoms with van der Waals surface area (Å²) in [5.41, 5.74) is 3.08. The van der Waals surface area contributed by atoms with Gasteiger partial charge in [-0.1, -0.05) is 18.2 Å². The van der Waals surface area contributed by atoms with Crippen LogP contribution in [0, 0.1) is 12.7 Å². The summed E-state index contributed by atoms with van der Waals surface area (Å²) in [5, 5.41) is 0. The molecular formula is C25H29FN2O4. The quantitative estimate of drug-likeness (QED) is 0.726. The molecule has 2 saturated heterocycles. The van der Waals surface area contributed by atoms with E-state index in [0.29, 0.717) is 58.7 Å². The van der Waals surface area contributed by atoms with Crippen LogP contribution in [-0.4, -0.2) is 55.5 Å². The molecule has 3 heterocycles. The first-order valence-electron chi connectivity index (χ1n) is 11.3. The molecule has 0 saturated carbocycles. The lowest BCUT2D eigenvalue weighted by Gasteiger charge is -2.41. The molecule has 6 nitrogen and oxygen atoms in total. The minimum Gasteiger partial charge on any atom is -0.489 e. The smallest absolute Gasteiger partial charge is 0.224 e. The molecule has 1 amide bonds. The number of carbonyl (C=O) groups is 1. The molecule has 2 aromatic rings. The lowest BCUT2D eigenvalue weighted by atomic mass is 10.0. The van der Waals surface area contributed by atoms with E-state index in [1.165, 1.54) is 12.1 Å². The molecule has 1 atom stereocenters. The molecule has 32 heavy (non-hydrogen) atoms. The van der Waals surface area contributed by atoms with Gasteiger partial charge in [-0.25, -0.2) is 4.39 Å². The average molecular weight is 441 g/mol. The normalized spacial score (nSPS) is 22.0. The maximum atomic E-state index is 13.4. The number of likely N-dealkylation sites (tertiary alicyclic amines) is 1. The van der Waals surface area contributed by atoms with Crippen molar-refractivity contribution in [1.29, 1.82) is 0 Å². The molecule has 3 aliphatic rings. The van der Waals surface area contributed by atoms with Gasteiger partial charge >= 0.3 is 0 Å². The number of nitrogens with zero attached hydrogens (tertiary/aromatic N) is 2. The zero-order valence-electron chi connectivity index (χ0n) is 18.4. The van der Waals surface area contributed by atoms with E-state index in [4.69, 9.17) is 14.2 Å². The SMILES string of the molecule is Cc1ccc2c(c1)OCC(CC(=O)N1CCC3(CC1)OCCO3)N2Cc1ccc(F)cc1. The Kier molecular flexibility index (Phi) is 5.78. The van der Waals surface area contributed by atoms with E-state index in [0.717, 1.165) is 22.6 Å². The van der Waals surface area contributed by atoms with Crippen molar-refractivity contribution in [1.82, 2.24) is 4.90 Å². The largest absolute Gasteiger partial charge is 0.489 e. The fourth-order valence-electron chi connectivity index (χ4n) is 4.83. The highest BCUT2D eigenvalue weighted by Gasteiger charge is 2.41. The number of fused-ring (bicyclic) bond motifs is 1. The molecule has 0 N–H and O–H groups in total. The Morgan fingerprint density at radius 3 is 2.53 bits per heavy atom. The summed E-state index contributed by atoms with van der Waals surface area (Å²) in [6.07, 6.45) is 1.78. The third-order valence-corrected chi connectivity index (χ3v) is 6.66. The van der Waals surface area contributed by atoms with Gasteiger partial charge in [0.15, 0.2) is 5.79 Å². The third kappa shape index (κ3) is 4.32. The first-order chi connectivity index (χ1) is 15.5. The summed E-state index contributed by atoms with van der Waals surface area (Å²) in [7, 11) is 0. The number of carbonyl (C=O) groups excluding carboxylic acids is 1. The van der Waals surface area contributed by atoms with E-state index < -0.39 is 5.79 Å². The Hall–Kier alpha value is -2.64. The van der Waals surface area contributed by atoms with Gasteiger partial charge in [-0.3, -0.25) is 4.79 Å². The standard InChI is InChI=1S/C25H29FN2O4/c1-18-2-7-22-23(14-18)30-17-21(28(22)16-19-3-5-20(26)6-4-19)15-24(29)27-10-8-25(9-11-27)31-12-13-32-25/h2-7,14,21H,8-13,15-17H2,1H3. The molecule has 5 rings (SSSR count). The van der Waals surface area contributed by atoms with Gasteiger partial charge < -0.3 is 24.0 Å². The maximum absolute atomic E-state index is 13.4. The monoisotopic (exact) mass is 440 g/mol. The van der Waals surface area contributed by atoms with E-state index in [2.05, 4.69) is 11.0 Å². The summed E-state index contributed by atoms with van der Waals surface area (Å²) >= 11 is 0. The topological polar surface area (TPSA) is 51.2 Å². The highest BCUT2D eigenvalue weighted by atomic mass is 19.1. The van der Waals surface area contributed by atoms with Crippen LogP contribution in [0.2, 0.25) is 0 Å². The van der Waals surface area contributed by atoms with Crippen molar-refractivity contribution < 1.29 is 23.4 Å². The fraction of sp³-hybridized carbons (Fsp3) is 0.480. The second-order valence-corrected chi connectivity index (χ2v) is 8.88. The van der Waals surface area contributed by atoms with Crippen LogP contribution in [0.1, 0.15) is 30.4 Å². The van der Waals surface area contributed by atoms with Crippen LogP contribution in [-0.2, 0) is 20.8 Å². The first-order valence-corrected chi connectivity index (χ1v) is 11.3. The van der Waals surface area contributed by atoms with Crippen LogP contribution < -0.4 is 9.64 Å². The number of hydrogen-bond donors (Lipinski definition) is 0. The molecule has 3 aliphatic heterocycles. The minimum atomic E-state index is -0.490. The van der Waals surface area contributed by atoms with Crippen molar-refractivity contribution in [3.8, 4) is 5.75 Å². The Bertz CT molecular complexity index is 964. The molecule has 170 valence electrons. The van der Waals surface area contributed by atoms with Crippen LogP contribution in [0.15, 0.2) is 42.5 Å². The Balaban J connectivity index is 1.31. The highest BCUT2D eigenvalue weighted by molar-refractivity contribution is 5.78. The lowest BCUT2D eigenvalue weighted by Crippen LogP contribution is -2.50. The van der Waals surface area contributed by atoms with E-state index in [1.54, 1.807) is 12.1 Å². The number of piperidine rings is 1. The van der Waals surface area contributed by atoms with Crippen LogP contribution in [0.4, 0.5) is 10.1 Å². The van der Waals surface area contributed by atoms with Crippen LogP contribution in [0.25, 0.3) is 0 Å². The number of benzene rings is 2. The van der Waals surface area contributed by atoms with Crippen molar-refractivity contribution in [3.63, 3.8) is 0 Å². The van der Waals surface area contributed by atoms with Crippen LogP contribution >= 0.6 is 0 Å². The van der Waals surface area contributed by atoms with Gasteiger partial charge in [0.2, 0.25) is 5.91 Å². The molecule has 0 bridgehead atoms. The molecule has 1 spiro atoms. The van der Waals surface area contributed by atoms with Crippen LogP contribution in [0.5, 0.6) is 5.75 Å². The highest BCUT2D eigenvalue weighted by Crippen LogP contribution is 2.37. The third-order valence-electron chi connectivity index (χ3n) is 6.66. The zero-order valence-corrected chi connectivity index (χ0v) is 18.4. The Morgan fingerprint density at radius 1 is 1.09 bits per heavy atom. The van der Waals surface area contributed by atoms with Crippen molar-refractivity contribution in [3.05, 3.63) is 59.4 Å². The number of ether oxygens (including phenoxy) is 3. The van der Waals surface area contributed by atoms with Gasteiger partial charge in [0.1, 0.15) is 18.2 Å². The zero-order chi connectivity index (χ0) is 22.1. The van der Waals surface area contributed by atoms with Crippen molar-refractivity contribution >= 4 is 11.6 Å². The summed E-state index contributed by atoms with van der Waals surface area (Å²) < 4.78 is 31.0. The first kappa shape index (κ1) is 21.2. The number of rotatable bonds is 4. The van der Waals surface area contributed by atoms with E-state index >= 15 is 0 Å². The molecule has 1 unspecified atom stereocenters. The second-order valence-electron chi connectivity index (χ2n) is 8.88. The van der Waals surface area contributed by atoms with E-state index in [-0.39, 0.29) is 17.8 Å². The van der Waals surface area contributed by atoms with E-state index in [1.807, 2.05) is 24.0 Å². The Labute approximate surface area is 187 Å². The summed E-state index contributed by atoms with van der Waals surface area (Å²) in [6.45, 7) is 5.59. The molecule has 0 aromatic heterocycles. The number of halogens is 1. The average Bonchev–Trinajstić information content (AvgIpc) is 3.25. The molecule has 7 heteroatoms. The molecule has 2 fully saturated rings. The number of anilines is 1. The van der Waals surface area contributed by atoms with Gasteiger partial charge in [-0.2, -0.15) is 0 Å². The summed E-state index contributed by atoms with van der Waals surface area (Å²) in [6, 6.07) is 12.6. The summed E-state index contributed by atoms with van der Waals surface area (Å²) in [5.74, 6) is 0.199. The van der Waals surface area contributed by atoms with Crippen molar-refractivity contribution in [2.45, 2.75) is 44.6 Å².